The third-order valence-electron chi connectivity index (χ3n) is 9.21. The van der Waals surface area contributed by atoms with Gasteiger partial charge in [-0.25, -0.2) is 4.68 Å². The van der Waals surface area contributed by atoms with Gasteiger partial charge in [-0.05, 0) is 98.0 Å². The second kappa shape index (κ2) is 12.2. The molecule has 9 heteroatoms. The first-order chi connectivity index (χ1) is 20.8. The van der Waals surface area contributed by atoms with Crippen molar-refractivity contribution in [1.29, 1.82) is 0 Å². The average Bonchev–Trinajstić information content (AvgIpc) is 3.61. The van der Waals surface area contributed by atoms with Crippen molar-refractivity contribution in [2.24, 2.45) is 7.05 Å². The summed E-state index contributed by atoms with van der Waals surface area (Å²) in [5.41, 5.74) is 9.72. The molecule has 43 heavy (non-hydrogen) atoms. The Morgan fingerprint density at radius 1 is 1.23 bits per heavy atom. The first-order valence-corrected chi connectivity index (χ1v) is 15.8. The fraction of sp³-hybridized carbons (Fsp3) is 0.471. The molecule has 0 N–H and O–H groups in total. The first-order valence-electron chi connectivity index (χ1n) is 15.4. The van der Waals surface area contributed by atoms with E-state index in [0.717, 1.165) is 77.9 Å². The number of pyridine rings is 1. The summed E-state index contributed by atoms with van der Waals surface area (Å²) in [7, 11) is 1.84. The van der Waals surface area contributed by atoms with E-state index < -0.39 is 0 Å². The van der Waals surface area contributed by atoms with Crippen molar-refractivity contribution in [2.45, 2.75) is 84.4 Å². The summed E-state index contributed by atoms with van der Waals surface area (Å²) in [5, 5.41) is 9.22. The molecule has 4 aromatic rings. The molecule has 2 aliphatic rings. The van der Waals surface area contributed by atoms with Crippen LogP contribution in [0.2, 0.25) is 5.02 Å². The molecule has 6 rings (SSSR count). The Balaban J connectivity index is 1.44. The van der Waals surface area contributed by atoms with Gasteiger partial charge in [-0.3, -0.25) is 14.7 Å². The zero-order valence-corrected chi connectivity index (χ0v) is 26.4. The number of nitrogens with zero attached hydrogens (tertiary/aromatic N) is 5. The number of rotatable bonds is 8. The highest BCUT2D eigenvalue weighted by molar-refractivity contribution is 6.35. The molecule has 0 bridgehead atoms. The van der Waals surface area contributed by atoms with E-state index in [-0.39, 0.29) is 30.5 Å². The smallest absolute Gasteiger partial charge is 0.306 e. The zero-order valence-electron chi connectivity index (χ0n) is 25.7. The Morgan fingerprint density at radius 3 is 2.86 bits per heavy atom. The Bertz CT molecular complexity index is 1670. The van der Waals surface area contributed by atoms with Crippen molar-refractivity contribution in [3.8, 4) is 5.75 Å². The van der Waals surface area contributed by atoms with Crippen LogP contribution in [0.4, 0.5) is 0 Å². The minimum Gasteiger partial charge on any atom is -0.487 e. The predicted molar refractivity (Wildman–Crippen MR) is 168 cm³/mol. The van der Waals surface area contributed by atoms with E-state index in [2.05, 4.69) is 41.2 Å². The molecule has 3 atom stereocenters. The van der Waals surface area contributed by atoms with Crippen LogP contribution in [0.3, 0.4) is 0 Å². The zero-order chi connectivity index (χ0) is 30.2. The summed E-state index contributed by atoms with van der Waals surface area (Å²) in [4.78, 5) is 20.3. The van der Waals surface area contributed by atoms with Crippen molar-refractivity contribution in [3.05, 3.63) is 80.6 Å². The van der Waals surface area contributed by atoms with Crippen LogP contribution >= 0.6 is 11.6 Å². The summed E-state index contributed by atoms with van der Waals surface area (Å²) < 4.78 is 13.6. The van der Waals surface area contributed by atoms with Crippen LogP contribution in [0.25, 0.3) is 11.0 Å². The molecule has 1 aliphatic heterocycles. The number of ether oxygens (including phenoxy) is 2. The first kappa shape index (κ1) is 29.6. The van der Waals surface area contributed by atoms with E-state index in [1.54, 1.807) is 4.68 Å². The number of carbonyl (C=O) groups excluding carboxylic acids is 1. The fourth-order valence-electron chi connectivity index (χ4n) is 6.91. The number of benzene rings is 2. The van der Waals surface area contributed by atoms with Crippen LogP contribution in [0.1, 0.15) is 91.1 Å². The Morgan fingerprint density at radius 2 is 2.07 bits per heavy atom. The van der Waals surface area contributed by atoms with Crippen LogP contribution in [0.15, 0.2) is 36.5 Å². The minimum atomic E-state index is -0.233. The van der Waals surface area contributed by atoms with Gasteiger partial charge in [0.2, 0.25) is 0 Å². The normalized spacial score (nSPS) is 19.0. The highest BCUT2D eigenvalue weighted by Crippen LogP contribution is 2.40. The maximum absolute atomic E-state index is 13.1. The monoisotopic (exact) mass is 601 g/mol. The number of hydrogen-bond donors (Lipinski definition) is 0. The van der Waals surface area contributed by atoms with E-state index >= 15 is 0 Å². The largest absolute Gasteiger partial charge is 0.487 e. The second-order valence-electron chi connectivity index (χ2n) is 11.9. The predicted octanol–water partition coefficient (Wildman–Crippen LogP) is 6.63. The molecule has 0 spiro atoms. The molecule has 0 amide bonds. The highest BCUT2D eigenvalue weighted by atomic mass is 35.5. The second-order valence-corrected chi connectivity index (χ2v) is 12.3. The van der Waals surface area contributed by atoms with Gasteiger partial charge in [0.15, 0.2) is 0 Å². The van der Waals surface area contributed by atoms with Gasteiger partial charge in [-0.2, -0.15) is 0 Å². The van der Waals surface area contributed by atoms with Crippen molar-refractivity contribution in [2.75, 3.05) is 13.2 Å². The Labute approximate surface area is 258 Å². The molecule has 0 saturated carbocycles. The third-order valence-corrected chi connectivity index (χ3v) is 9.50. The maximum atomic E-state index is 13.1. The van der Waals surface area contributed by atoms with Gasteiger partial charge < -0.3 is 9.47 Å². The average molecular weight is 602 g/mol. The number of halogens is 1. The van der Waals surface area contributed by atoms with E-state index in [1.807, 2.05) is 45.3 Å². The molecule has 0 radical (unpaired) electrons. The van der Waals surface area contributed by atoms with Gasteiger partial charge in [0.25, 0.3) is 0 Å². The lowest BCUT2D eigenvalue weighted by Gasteiger charge is -2.30. The molecule has 0 fully saturated rings. The van der Waals surface area contributed by atoms with Gasteiger partial charge >= 0.3 is 5.97 Å². The number of carbonyl (C=O) groups is 1. The van der Waals surface area contributed by atoms with Gasteiger partial charge in [0, 0.05) is 32.3 Å². The molecule has 2 aromatic heterocycles. The fourth-order valence-corrected chi connectivity index (χ4v) is 7.24. The summed E-state index contributed by atoms with van der Waals surface area (Å²) in [6.45, 7) is 10.2. The van der Waals surface area contributed by atoms with Crippen LogP contribution in [0.5, 0.6) is 5.75 Å². The third kappa shape index (κ3) is 5.63. The van der Waals surface area contributed by atoms with Crippen LogP contribution in [0, 0.1) is 6.92 Å². The summed E-state index contributed by atoms with van der Waals surface area (Å²) in [5.74, 6) is 0.420. The van der Waals surface area contributed by atoms with Gasteiger partial charge in [-0.15, -0.1) is 5.10 Å². The molecular formula is C34H40ClN5O3. The quantitative estimate of drug-likeness (QED) is 0.210. The van der Waals surface area contributed by atoms with Crippen LogP contribution in [-0.2, 0) is 36.0 Å². The lowest BCUT2D eigenvalue weighted by atomic mass is 9.83. The lowest BCUT2D eigenvalue weighted by Crippen LogP contribution is -2.34. The van der Waals surface area contributed by atoms with Crippen molar-refractivity contribution >= 4 is 28.6 Å². The molecule has 3 heterocycles. The molecule has 0 unspecified atom stereocenters. The number of hydrogen-bond acceptors (Lipinski definition) is 7. The van der Waals surface area contributed by atoms with E-state index in [1.165, 1.54) is 16.7 Å². The lowest BCUT2D eigenvalue weighted by molar-refractivity contribution is -0.143. The number of aryl methyl sites for hydroxylation is 3. The van der Waals surface area contributed by atoms with Crippen molar-refractivity contribution in [3.63, 3.8) is 0 Å². The van der Waals surface area contributed by atoms with Gasteiger partial charge in [0.05, 0.1) is 29.8 Å². The summed E-state index contributed by atoms with van der Waals surface area (Å²) >= 11 is 6.82. The molecular weight excluding hydrogens is 562 g/mol. The molecule has 8 nitrogen and oxygen atoms in total. The highest BCUT2D eigenvalue weighted by Gasteiger charge is 2.31. The van der Waals surface area contributed by atoms with E-state index in [9.17, 15) is 4.79 Å². The molecule has 0 saturated heterocycles. The van der Waals surface area contributed by atoms with Crippen molar-refractivity contribution < 1.29 is 14.3 Å². The van der Waals surface area contributed by atoms with Crippen molar-refractivity contribution in [1.82, 2.24) is 24.9 Å². The van der Waals surface area contributed by atoms with Crippen LogP contribution in [-0.4, -0.2) is 50.1 Å². The van der Waals surface area contributed by atoms with Gasteiger partial charge in [-0.1, -0.05) is 35.9 Å². The standard InChI is InChI=1S/C34H40ClN5O3/c1-6-25-19-40(21(4)33-30(43-25)12-9-13-36-33)18-24-15-23(14-22-10-8-11-26(22)24)28(17-31(41)42-7-2)27-16-29(35)34-32(20(27)3)37-38-39(34)5/h9,12-16,21,25,28H,6-8,10-11,17-19H2,1-5H3/t21-,25+,28+/m0/s1. The topological polar surface area (TPSA) is 82.4 Å². The Kier molecular flexibility index (Phi) is 8.42. The number of aromatic nitrogens is 4. The van der Waals surface area contributed by atoms with Crippen LogP contribution < -0.4 is 4.74 Å². The SMILES string of the molecule is CCOC(=O)C[C@H](c1cc2c(c(CN3C[C@@H](CC)Oc4cccnc4[C@@H]3C)c1)CCC2)c1cc(Cl)c2c(nnn2C)c1C. The number of fused-ring (bicyclic) bond motifs is 3. The van der Waals surface area contributed by atoms with E-state index in [0.29, 0.717) is 11.6 Å². The minimum absolute atomic E-state index is 0.0872. The maximum Gasteiger partial charge on any atom is 0.306 e. The molecule has 2 aromatic carbocycles. The van der Waals surface area contributed by atoms with Gasteiger partial charge in [0.1, 0.15) is 22.9 Å². The molecule has 226 valence electrons. The summed E-state index contributed by atoms with van der Waals surface area (Å²) in [6, 6.07) is 10.7. The number of esters is 1. The van der Waals surface area contributed by atoms with E-state index in [4.69, 9.17) is 26.1 Å². The summed E-state index contributed by atoms with van der Waals surface area (Å²) in [6.07, 6.45) is 6.30. The molecule has 1 aliphatic carbocycles. The Hall–Kier alpha value is -3.49.